The fourth-order valence-corrected chi connectivity index (χ4v) is 2.29. The van der Waals surface area contributed by atoms with Crippen LogP contribution in [0.1, 0.15) is 18.9 Å². The predicted molar refractivity (Wildman–Crippen MR) is 81.1 cm³/mol. The van der Waals surface area contributed by atoms with Crippen LogP contribution in [0.15, 0.2) is 30.3 Å². The monoisotopic (exact) mass is 274 g/mol. The van der Waals surface area contributed by atoms with Gasteiger partial charge in [0.25, 0.3) is 0 Å². The molecule has 2 N–H and O–H groups in total. The molecule has 4 heteroatoms. The molecular weight excluding hydrogens is 252 g/mol. The van der Waals surface area contributed by atoms with E-state index in [4.69, 9.17) is 10.5 Å². The number of ether oxygens (including phenoxy) is 1. The minimum absolute atomic E-state index is 0.0521. The highest BCUT2D eigenvalue weighted by molar-refractivity contribution is 5.91. The average molecular weight is 274 g/mol. The van der Waals surface area contributed by atoms with Gasteiger partial charge in [0.05, 0.1) is 6.61 Å². The van der Waals surface area contributed by atoms with Gasteiger partial charge in [0, 0.05) is 37.4 Å². The Morgan fingerprint density at radius 3 is 2.80 bits per heavy atom. The molecule has 0 bridgehead atoms. The molecule has 0 saturated carbocycles. The largest absolute Gasteiger partial charge is 0.399 e. The van der Waals surface area contributed by atoms with Crippen molar-refractivity contribution in [1.29, 1.82) is 0 Å². The summed E-state index contributed by atoms with van der Waals surface area (Å²) < 4.78 is 5.35. The first kappa shape index (κ1) is 14.6. The molecule has 2 rings (SSSR count). The van der Waals surface area contributed by atoms with Crippen molar-refractivity contribution in [2.75, 3.05) is 32.0 Å². The number of nitrogens with zero attached hydrogens (tertiary/aromatic N) is 1. The topological polar surface area (TPSA) is 55.6 Å². The van der Waals surface area contributed by atoms with E-state index in [0.29, 0.717) is 5.92 Å². The van der Waals surface area contributed by atoms with Gasteiger partial charge in [-0.05, 0) is 37.1 Å². The predicted octanol–water partition coefficient (Wildman–Crippen LogP) is 2.17. The minimum atomic E-state index is 0.0521. The zero-order valence-electron chi connectivity index (χ0n) is 11.9. The molecular formula is C16H22N2O2. The molecule has 108 valence electrons. The number of benzene rings is 1. The number of carbonyl (C=O) groups is 1. The lowest BCUT2D eigenvalue weighted by Crippen LogP contribution is -2.34. The number of nitrogen functional groups attached to an aromatic ring is 1. The molecule has 1 amide bonds. The SMILES string of the molecule is CCN(CC1CCOC1)C(=O)/C=C/c1ccc(N)cc1. The lowest BCUT2D eigenvalue weighted by atomic mass is 10.1. The fraction of sp³-hybridized carbons (Fsp3) is 0.438. The molecule has 0 aliphatic carbocycles. The van der Waals surface area contributed by atoms with Crippen molar-refractivity contribution in [3.63, 3.8) is 0 Å². The van der Waals surface area contributed by atoms with Crippen molar-refractivity contribution in [3.05, 3.63) is 35.9 Å². The van der Waals surface area contributed by atoms with Crippen LogP contribution < -0.4 is 5.73 Å². The summed E-state index contributed by atoms with van der Waals surface area (Å²) in [5.41, 5.74) is 7.34. The summed E-state index contributed by atoms with van der Waals surface area (Å²) in [6.07, 6.45) is 4.51. The van der Waals surface area contributed by atoms with Crippen molar-refractivity contribution in [2.45, 2.75) is 13.3 Å². The van der Waals surface area contributed by atoms with Crippen LogP contribution in [0.2, 0.25) is 0 Å². The van der Waals surface area contributed by atoms with E-state index in [0.717, 1.165) is 44.0 Å². The van der Waals surface area contributed by atoms with Gasteiger partial charge < -0.3 is 15.4 Å². The van der Waals surface area contributed by atoms with Crippen LogP contribution in [0, 0.1) is 5.92 Å². The third kappa shape index (κ3) is 4.10. The van der Waals surface area contributed by atoms with E-state index in [1.165, 1.54) is 0 Å². The second kappa shape index (κ2) is 7.10. The van der Waals surface area contributed by atoms with E-state index in [1.54, 1.807) is 6.08 Å². The van der Waals surface area contributed by atoms with Crippen molar-refractivity contribution >= 4 is 17.7 Å². The van der Waals surface area contributed by atoms with Gasteiger partial charge in [-0.2, -0.15) is 0 Å². The molecule has 0 spiro atoms. The standard InChI is InChI=1S/C16H22N2O2/c1-2-18(11-14-9-10-20-12-14)16(19)8-5-13-3-6-15(17)7-4-13/h3-8,14H,2,9-12,17H2,1H3/b8-5+. The first-order valence-electron chi connectivity index (χ1n) is 7.09. The van der Waals surface area contributed by atoms with Crippen molar-refractivity contribution in [2.24, 2.45) is 5.92 Å². The molecule has 1 aliphatic rings. The maximum atomic E-state index is 12.2. The maximum Gasteiger partial charge on any atom is 0.246 e. The number of nitrogens with two attached hydrogens (primary N) is 1. The summed E-state index contributed by atoms with van der Waals surface area (Å²) >= 11 is 0. The average Bonchev–Trinajstić information content (AvgIpc) is 2.97. The lowest BCUT2D eigenvalue weighted by molar-refractivity contribution is -0.126. The Labute approximate surface area is 120 Å². The van der Waals surface area contributed by atoms with E-state index >= 15 is 0 Å². The van der Waals surface area contributed by atoms with Crippen LogP contribution in [0.4, 0.5) is 5.69 Å². The van der Waals surface area contributed by atoms with Crippen LogP contribution in [0.3, 0.4) is 0 Å². The molecule has 0 radical (unpaired) electrons. The Morgan fingerprint density at radius 1 is 1.45 bits per heavy atom. The summed E-state index contributed by atoms with van der Waals surface area (Å²) in [6, 6.07) is 7.47. The van der Waals surface area contributed by atoms with Gasteiger partial charge in [-0.3, -0.25) is 4.79 Å². The van der Waals surface area contributed by atoms with E-state index < -0.39 is 0 Å². The number of likely N-dealkylation sites (N-methyl/N-ethyl adjacent to an activating group) is 1. The molecule has 4 nitrogen and oxygen atoms in total. The fourth-order valence-electron chi connectivity index (χ4n) is 2.29. The summed E-state index contributed by atoms with van der Waals surface area (Å²) in [5.74, 6) is 0.528. The molecule has 1 saturated heterocycles. The molecule has 1 unspecified atom stereocenters. The van der Waals surface area contributed by atoms with Gasteiger partial charge in [-0.15, -0.1) is 0 Å². The van der Waals surface area contributed by atoms with Crippen LogP contribution in [-0.4, -0.2) is 37.1 Å². The molecule has 1 aliphatic heterocycles. The Balaban J connectivity index is 1.92. The summed E-state index contributed by atoms with van der Waals surface area (Å²) in [6.45, 7) is 5.09. The van der Waals surface area contributed by atoms with Gasteiger partial charge in [0.2, 0.25) is 5.91 Å². The first-order chi connectivity index (χ1) is 9.69. The van der Waals surface area contributed by atoms with Crippen LogP contribution >= 0.6 is 0 Å². The first-order valence-corrected chi connectivity index (χ1v) is 7.09. The molecule has 0 aromatic heterocycles. The normalized spacial score (nSPS) is 18.6. The molecule has 1 fully saturated rings. The van der Waals surface area contributed by atoms with Gasteiger partial charge in [-0.25, -0.2) is 0 Å². The number of anilines is 1. The molecule has 1 aromatic carbocycles. The second-order valence-corrected chi connectivity index (χ2v) is 5.11. The Hall–Kier alpha value is -1.81. The van der Waals surface area contributed by atoms with E-state index in [1.807, 2.05) is 42.2 Å². The Kier molecular flexibility index (Phi) is 5.18. The van der Waals surface area contributed by atoms with Crippen molar-refractivity contribution < 1.29 is 9.53 Å². The molecule has 1 atom stereocenters. The number of hydrogen-bond acceptors (Lipinski definition) is 3. The molecule has 1 aromatic rings. The van der Waals surface area contributed by atoms with E-state index in [-0.39, 0.29) is 5.91 Å². The van der Waals surface area contributed by atoms with Gasteiger partial charge in [0.1, 0.15) is 0 Å². The summed E-state index contributed by atoms with van der Waals surface area (Å²) in [5, 5.41) is 0. The van der Waals surface area contributed by atoms with Gasteiger partial charge >= 0.3 is 0 Å². The van der Waals surface area contributed by atoms with E-state index in [9.17, 15) is 4.79 Å². The number of carbonyl (C=O) groups excluding carboxylic acids is 1. The summed E-state index contributed by atoms with van der Waals surface area (Å²) in [4.78, 5) is 14.0. The van der Waals surface area contributed by atoms with Crippen molar-refractivity contribution in [1.82, 2.24) is 4.90 Å². The Morgan fingerprint density at radius 2 is 2.20 bits per heavy atom. The lowest BCUT2D eigenvalue weighted by Gasteiger charge is -2.22. The zero-order valence-corrected chi connectivity index (χ0v) is 11.9. The highest BCUT2D eigenvalue weighted by Crippen LogP contribution is 2.14. The smallest absolute Gasteiger partial charge is 0.246 e. The van der Waals surface area contributed by atoms with Crippen LogP contribution in [0.25, 0.3) is 6.08 Å². The Bertz CT molecular complexity index is 462. The van der Waals surface area contributed by atoms with Gasteiger partial charge in [-0.1, -0.05) is 12.1 Å². The minimum Gasteiger partial charge on any atom is -0.399 e. The van der Waals surface area contributed by atoms with Crippen molar-refractivity contribution in [3.8, 4) is 0 Å². The van der Waals surface area contributed by atoms with Gasteiger partial charge in [0.15, 0.2) is 0 Å². The molecule has 20 heavy (non-hydrogen) atoms. The third-order valence-electron chi connectivity index (χ3n) is 3.55. The molecule has 1 heterocycles. The summed E-state index contributed by atoms with van der Waals surface area (Å²) in [7, 11) is 0. The number of rotatable bonds is 5. The quantitative estimate of drug-likeness (QED) is 0.661. The van der Waals surface area contributed by atoms with Crippen LogP contribution in [0.5, 0.6) is 0 Å². The number of amides is 1. The maximum absolute atomic E-state index is 12.2. The highest BCUT2D eigenvalue weighted by atomic mass is 16.5. The van der Waals surface area contributed by atoms with E-state index in [2.05, 4.69) is 0 Å². The third-order valence-corrected chi connectivity index (χ3v) is 3.55. The zero-order chi connectivity index (χ0) is 14.4. The number of hydrogen-bond donors (Lipinski definition) is 1. The van der Waals surface area contributed by atoms with Crippen LogP contribution in [-0.2, 0) is 9.53 Å². The highest BCUT2D eigenvalue weighted by Gasteiger charge is 2.20. The second-order valence-electron chi connectivity index (χ2n) is 5.11.